The third-order valence-electron chi connectivity index (χ3n) is 2.75. The van der Waals surface area contributed by atoms with Crippen LogP contribution in [0.1, 0.15) is 5.56 Å². The van der Waals surface area contributed by atoms with Crippen molar-refractivity contribution in [3.8, 4) is 6.07 Å². The molecule has 0 atom stereocenters. The van der Waals surface area contributed by atoms with Crippen LogP contribution in [0.15, 0.2) is 64.9 Å². The molecule has 0 aliphatic rings. The van der Waals surface area contributed by atoms with E-state index in [-0.39, 0.29) is 5.57 Å². The lowest BCUT2D eigenvalue weighted by Crippen LogP contribution is -2.24. The zero-order chi connectivity index (χ0) is 15.8. The predicted octanol–water partition coefficient (Wildman–Crippen LogP) is 2.98. The SMILES string of the molecule is N#C/C(=C/Nc1cc(Br)ccn1)C(=O)NCc1ccccc1. The summed E-state index contributed by atoms with van der Waals surface area (Å²) in [5, 5.41) is 14.6. The Kier molecular flexibility index (Phi) is 5.69. The first-order valence-electron chi connectivity index (χ1n) is 6.49. The molecule has 5 nitrogen and oxygen atoms in total. The molecule has 1 heterocycles. The maximum atomic E-state index is 12.0. The van der Waals surface area contributed by atoms with Gasteiger partial charge in [-0.15, -0.1) is 0 Å². The van der Waals surface area contributed by atoms with Gasteiger partial charge in [-0.05, 0) is 17.7 Å². The number of carbonyl (C=O) groups excluding carboxylic acids is 1. The van der Waals surface area contributed by atoms with E-state index in [1.54, 1.807) is 18.3 Å². The van der Waals surface area contributed by atoms with Gasteiger partial charge < -0.3 is 10.6 Å². The lowest BCUT2D eigenvalue weighted by Gasteiger charge is -2.05. The molecule has 2 N–H and O–H groups in total. The van der Waals surface area contributed by atoms with Crippen molar-refractivity contribution in [2.75, 3.05) is 5.32 Å². The number of halogens is 1. The molecule has 0 fully saturated rings. The lowest BCUT2D eigenvalue weighted by molar-refractivity contribution is -0.117. The molecular weight excluding hydrogens is 344 g/mol. The topological polar surface area (TPSA) is 77.8 Å². The highest BCUT2D eigenvalue weighted by atomic mass is 79.9. The zero-order valence-electron chi connectivity index (χ0n) is 11.6. The number of aromatic nitrogens is 1. The quantitative estimate of drug-likeness (QED) is 0.637. The second kappa shape index (κ2) is 7.96. The van der Waals surface area contributed by atoms with Crippen LogP contribution in [0, 0.1) is 11.3 Å². The Labute approximate surface area is 136 Å². The summed E-state index contributed by atoms with van der Waals surface area (Å²) < 4.78 is 0.852. The van der Waals surface area contributed by atoms with Crippen molar-refractivity contribution in [3.63, 3.8) is 0 Å². The maximum absolute atomic E-state index is 12.0. The molecule has 0 unspecified atom stereocenters. The maximum Gasteiger partial charge on any atom is 0.263 e. The van der Waals surface area contributed by atoms with Gasteiger partial charge in [-0.1, -0.05) is 46.3 Å². The number of nitriles is 1. The number of nitrogens with zero attached hydrogens (tertiary/aromatic N) is 2. The fourth-order valence-electron chi connectivity index (χ4n) is 1.65. The summed E-state index contributed by atoms with van der Waals surface area (Å²) in [7, 11) is 0. The molecule has 0 bridgehead atoms. The van der Waals surface area contributed by atoms with Crippen molar-refractivity contribution < 1.29 is 4.79 Å². The molecule has 1 aromatic carbocycles. The van der Waals surface area contributed by atoms with E-state index < -0.39 is 5.91 Å². The van der Waals surface area contributed by atoms with Gasteiger partial charge in [0.1, 0.15) is 17.5 Å². The van der Waals surface area contributed by atoms with E-state index in [0.29, 0.717) is 12.4 Å². The van der Waals surface area contributed by atoms with Crippen molar-refractivity contribution in [2.45, 2.75) is 6.54 Å². The average Bonchev–Trinajstić information content (AvgIpc) is 2.54. The third kappa shape index (κ3) is 4.72. The number of benzene rings is 1. The summed E-state index contributed by atoms with van der Waals surface area (Å²) >= 11 is 3.32. The number of nitrogens with one attached hydrogen (secondary N) is 2. The van der Waals surface area contributed by atoms with E-state index in [1.165, 1.54) is 6.20 Å². The van der Waals surface area contributed by atoms with Crippen LogP contribution in [-0.2, 0) is 11.3 Å². The molecule has 0 aliphatic heterocycles. The standard InChI is InChI=1S/C16H13BrN4O/c17-14-6-7-19-15(8-14)20-11-13(9-18)16(22)21-10-12-4-2-1-3-5-12/h1-8,11H,10H2,(H,19,20)(H,21,22)/b13-11-. The van der Waals surface area contributed by atoms with Gasteiger partial charge in [0.15, 0.2) is 0 Å². The first-order chi connectivity index (χ1) is 10.7. The van der Waals surface area contributed by atoms with Crippen molar-refractivity contribution in [3.05, 3.63) is 70.5 Å². The number of anilines is 1. The Balaban J connectivity index is 1.97. The van der Waals surface area contributed by atoms with Crippen LogP contribution in [0.5, 0.6) is 0 Å². The Morgan fingerprint density at radius 2 is 2.09 bits per heavy atom. The smallest absolute Gasteiger partial charge is 0.263 e. The molecule has 22 heavy (non-hydrogen) atoms. The normalized spacial score (nSPS) is 10.6. The minimum atomic E-state index is -0.436. The average molecular weight is 357 g/mol. The van der Waals surface area contributed by atoms with Crippen molar-refractivity contribution in [1.82, 2.24) is 10.3 Å². The number of hydrogen-bond donors (Lipinski definition) is 2. The van der Waals surface area contributed by atoms with Crippen LogP contribution >= 0.6 is 15.9 Å². The van der Waals surface area contributed by atoms with E-state index in [9.17, 15) is 4.79 Å². The number of rotatable bonds is 5. The Morgan fingerprint density at radius 1 is 1.32 bits per heavy atom. The molecule has 0 radical (unpaired) electrons. The highest BCUT2D eigenvalue weighted by Gasteiger charge is 2.08. The van der Waals surface area contributed by atoms with Crippen LogP contribution in [0.2, 0.25) is 0 Å². The number of amides is 1. The minimum absolute atomic E-state index is 0.0160. The molecule has 2 aromatic rings. The van der Waals surface area contributed by atoms with Gasteiger partial charge in [-0.3, -0.25) is 4.79 Å². The highest BCUT2D eigenvalue weighted by molar-refractivity contribution is 9.10. The molecule has 6 heteroatoms. The summed E-state index contributed by atoms with van der Waals surface area (Å²) in [6.07, 6.45) is 2.96. The molecule has 1 aromatic heterocycles. The molecule has 1 amide bonds. The fraction of sp³-hybridized carbons (Fsp3) is 0.0625. The number of hydrogen-bond acceptors (Lipinski definition) is 4. The molecule has 0 spiro atoms. The van der Waals surface area contributed by atoms with Crippen LogP contribution in [0.3, 0.4) is 0 Å². The summed E-state index contributed by atoms with van der Waals surface area (Å²) in [6, 6.07) is 14.9. The van der Waals surface area contributed by atoms with Crippen molar-refractivity contribution in [1.29, 1.82) is 5.26 Å². The minimum Gasteiger partial charge on any atom is -0.347 e. The lowest BCUT2D eigenvalue weighted by atomic mass is 10.2. The molecular formula is C16H13BrN4O. The third-order valence-corrected chi connectivity index (χ3v) is 3.24. The summed E-state index contributed by atoms with van der Waals surface area (Å²) in [6.45, 7) is 0.369. The molecule has 110 valence electrons. The molecule has 0 saturated heterocycles. The monoisotopic (exact) mass is 356 g/mol. The first kappa shape index (κ1) is 15.7. The van der Waals surface area contributed by atoms with Crippen LogP contribution in [0.4, 0.5) is 5.82 Å². The van der Waals surface area contributed by atoms with E-state index >= 15 is 0 Å². The van der Waals surface area contributed by atoms with Gasteiger partial charge >= 0.3 is 0 Å². The van der Waals surface area contributed by atoms with Crippen molar-refractivity contribution >= 4 is 27.7 Å². The zero-order valence-corrected chi connectivity index (χ0v) is 13.2. The Hall–Kier alpha value is -2.65. The number of carbonyl (C=O) groups is 1. The van der Waals surface area contributed by atoms with E-state index in [2.05, 4.69) is 31.5 Å². The predicted molar refractivity (Wildman–Crippen MR) is 87.5 cm³/mol. The Morgan fingerprint density at radius 3 is 2.77 bits per heavy atom. The summed E-state index contributed by atoms with van der Waals surface area (Å²) in [4.78, 5) is 16.0. The highest BCUT2D eigenvalue weighted by Crippen LogP contribution is 2.12. The van der Waals surface area contributed by atoms with E-state index in [4.69, 9.17) is 5.26 Å². The Bertz CT molecular complexity index is 722. The second-order valence-electron chi connectivity index (χ2n) is 4.34. The van der Waals surface area contributed by atoms with Gasteiger partial charge in [-0.25, -0.2) is 4.98 Å². The summed E-state index contributed by atoms with van der Waals surface area (Å²) in [5.74, 6) is 0.104. The summed E-state index contributed by atoms with van der Waals surface area (Å²) in [5.41, 5.74) is 0.951. The first-order valence-corrected chi connectivity index (χ1v) is 7.29. The van der Waals surface area contributed by atoms with Gasteiger partial charge in [0.2, 0.25) is 0 Å². The fourth-order valence-corrected chi connectivity index (χ4v) is 1.99. The molecule has 2 rings (SSSR count). The van der Waals surface area contributed by atoms with Crippen molar-refractivity contribution in [2.24, 2.45) is 0 Å². The van der Waals surface area contributed by atoms with Gasteiger partial charge in [0, 0.05) is 23.4 Å². The number of pyridine rings is 1. The van der Waals surface area contributed by atoms with Crippen LogP contribution in [0.25, 0.3) is 0 Å². The van der Waals surface area contributed by atoms with Gasteiger partial charge in [-0.2, -0.15) is 5.26 Å². The van der Waals surface area contributed by atoms with Gasteiger partial charge in [0.25, 0.3) is 5.91 Å². The molecule has 0 aliphatic carbocycles. The van der Waals surface area contributed by atoms with Crippen LogP contribution < -0.4 is 10.6 Å². The molecule has 0 saturated carbocycles. The van der Waals surface area contributed by atoms with E-state index in [1.807, 2.05) is 36.4 Å². The van der Waals surface area contributed by atoms with Gasteiger partial charge in [0.05, 0.1) is 0 Å². The van der Waals surface area contributed by atoms with E-state index in [0.717, 1.165) is 10.0 Å². The second-order valence-corrected chi connectivity index (χ2v) is 5.26. The largest absolute Gasteiger partial charge is 0.347 e. The van der Waals surface area contributed by atoms with Crippen LogP contribution in [-0.4, -0.2) is 10.9 Å².